The smallest absolute Gasteiger partial charge is 0.479 e. The van der Waals surface area contributed by atoms with Crippen LogP contribution in [0, 0.1) is 0 Å². The molecule has 2 heterocycles. The van der Waals surface area contributed by atoms with E-state index in [2.05, 4.69) is 10.2 Å². The van der Waals surface area contributed by atoms with Gasteiger partial charge in [-0.05, 0) is 32.9 Å². The van der Waals surface area contributed by atoms with E-state index in [1.54, 1.807) is 23.3 Å². The van der Waals surface area contributed by atoms with Gasteiger partial charge in [0.25, 0.3) is 5.60 Å². The van der Waals surface area contributed by atoms with E-state index in [-0.39, 0.29) is 5.78 Å². The van der Waals surface area contributed by atoms with Crippen molar-refractivity contribution in [3.05, 3.63) is 34.9 Å². The van der Waals surface area contributed by atoms with Crippen LogP contribution in [0.1, 0.15) is 41.3 Å². The highest BCUT2D eigenvalue weighted by molar-refractivity contribution is 6.04. The summed E-state index contributed by atoms with van der Waals surface area (Å²) in [6.07, 6.45) is -2.86. The molecular formula is C23H28F3N3O9. The highest BCUT2D eigenvalue weighted by Crippen LogP contribution is 2.54. The fourth-order valence-electron chi connectivity index (χ4n) is 4.45. The molecule has 210 valence electrons. The Kier molecular flexibility index (Phi) is 9.43. The summed E-state index contributed by atoms with van der Waals surface area (Å²) in [6, 6.07) is 5.42. The summed E-state index contributed by atoms with van der Waals surface area (Å²) >= 11 is 0. The number of nitrogens with zero attached hydrogens (tertiary/aromatic N) is 2. The topological polar surface area (TPSA) is 155 Å². The molecule has 0 amide bonds. The van der Waals surface area contributed by atoms with E-state index in [0.29, 0.717) is 35.8 Å². The minimum Gasteiger partial charge on any atom is -0.479 e. The third-order valence-electron chi connectivity index (χ3n) is 6.32. The van der Waals surface area contributed by atoms with Gasteiger partial charge in [0, 0.05) is 48.9 Å². The fourth-order valence-corrected chi connectivity index (χ4v) is 4.45. The number of piperazine rings is 1. The lowest BCUT2D eigenvalue weighted by molar-refractivity contribution is -0.339. The molecule has 0 aromatic heterocycles. The van der Waals surface area contributed by atoms with Crippen LogP contribution in [0.3, 0.4) is 0 Å². The fraction of sp³-hybridized carbons (Fsp3) is 0.565. The number of carboxylic acid groups (broad SMARTS) is 2. The molecule has 2 aliphatic heterocycles. The van der Waals surface area contributed by atoms with Gasteiger partial charge in [-0.2, -0.15) is 13.2 Å². The van der Waals surface area contributed by atoms with Crippen LogP contribution in [0.5, 0.6) is 0 Å². The minimum absolute atomic E-state index is 0.232. The van der Waals surface area contributed by atoms with Crippen molar-refractivity contribution in [2.24, 2.45) is 0 Å². The van der Waals surface area contributed by atoms with E-state index in [1.165, 1.54) is 6.92 Å². The summed E-state index contributed by atoms with van der Waals surface area (Å²) in [5, 5.41) is 20.9. The molecule has 2 saturated heterocycles. The Hall–Kier alpha value is -3.11. The first kappa shape index (κ1) is 29.4. The number of carbonyl (C=O) groups is 4. The largest absolute Gasteiger partial charge is 0.490 e. The Morgan fingerprint density at radius 3 is 2.21 bits per heavy atom. The molecule has 38 heavy (non-hydrogen) atoms. The number of hydrogen-bond acceptors (Lipinski definition) is 10. The van der Waals surface area contributed by atoms with Crippen LogP contribution in [0.4, 0.5) is 13.2 Å². The van der Waals surface area contributed by atoms with Crippen molar-refractivity contribution >= 4 is 23.7 Å². The number of alkyl halides is 3. The molecule has 0 spiro atoms. The molecule has 4 rings (SSSR count). The lowest BCUT2D eigenvalue weighted by Gasteiger charge is -2.40. The maximum absolute atomic E-state index is 13.1. The van der Waals surface area contributed by atoms with Crippen LogP contribution < -0.4 is 5.32 Å². The normalized spacial score (nSPS) is 22.0. The van der Waals surface area contributed by atoms with Crippen molar-refractivity contribution in [2.45, 2.75) is 37.6 Å². The van der Waals surface area contributed by atoms with Crippen LogP contribution in [-0.4, -0.2) is 102 Å². The summed E-state index contributed by atoms with van der Waals surface area (Å²) in [5.74, 6) is -4.97. The van der Waals surface area contributed by atoms with Crippen LogP contribution in [0.25, 0.3) is 0 Å². The van der Waals surface area contributed by atoms with Crippen LogP contribution >= 0.6 is 0 Å². The zero-order valence-corrected chi connectivity index (χ0v) is 20.5. The van der Waals surface area contributed by atoms with Gasteiger partial charge in [0.1, 0.15) is 0 Å². The number of hydrogen-bond donors (Lipinski definition) is 3. The lowest BCUT2D eigenvalue weighted by Crippen LogP contribution is -2.53. The van der Waals surface area contributed by atoms with E-state index >= 15 is 0 Å². The summed E-state index contributed by atoms with van der Waals surface area (Å²) in [5.41, 5.74) is -0.578. The lowest BCUT2D eigenvalue weighted by atomic mass is 10.0. The second kappa shape index (κ2) is 12.2. The minimum atomic E-state index is -5.08. The zero-order valence-electron chi connectivity index (χ0n) is 20.5. The number of piperidine rings is 1. The SMILES string of the molecule is CC(=O)c1cccc2c1C2(OOCC(=O)O)C(=O)ON1CCN(C2CCNCC2)CC1.O=C(O)C(F)(F)F. The first-order chi connectivity index (χ1) is 17.9. The number of ketones is 1. The third kappa shape index (κ3) is 6.85. The maximum Gasteiger partial charge on any atom is 0.490 e. The summed E-state index contributed by atoms with van der Waals surface area (Å²) in [6.45, 7) is 5.37. The van der Waals surface area contributed by atoms with Crippen molar-refractivity contribution in [3.8, 4) is 0 Å². The molecule has 1 atom stereocenters. The predicted molar refractivity (Wildman–Crippen MR) is 121 cm³/mol. The van der Waals surface area contributed by atoms with E-state index in [4.69, 9.17) is 29.6 Å². The Bertz CT molecular complexity index is 1050. The van der Waals surface area contributed by atoms with Crippen LogP contribution in [0.15, 0.2) is 18.2 Å². The molecule has 3 N–H and O–H groups in total. The number of carboxylic acids is 2. The molecule has 3 aliphatic rings. The summed E-state index contributed by atoms with van der Waals surface area (Å²) < 4.78 is 31.7. The number of nitrogens with one attached hydrogen (secondary N) is 1. The number of carbonyl (C=O) groups excluding carboxylic acids is 2. The first-order valence-corrected chi connectivity index (χ1v) is 11.8. The average Bonchev–Trinajstić information content (AvgIpc) is 3.53. The Morgan fingerprint density at radius 1 is 1.08 bits per heavy atom. The molecule has 1 aromatic rings. The van der Waals surface area contributed by atoms with Crippen molar-refractivity contribution in [1.82, 2.24) is 15.3 Å². The molecule has 1 unspecified atom stereocenters. The van der Waals surface area contributed by atoms with Gasteiger partial charge >= 0.3 is 24.1 Å². The Balaban J connectivity index is 0.000000505. The standard InChI is InChI=1S/C21H27N3O7.C2HF3O2/c1-14(25)16-3-2-4-17-19(16)21(17,31-29-13-18(26)27)20(28)30-24-11-9-23(10-12-24)15-5-7-22-8-6-15;3-2(4,5)1(6)7/h2-4,15,22H,5-13H2,1H3,(H,26,27);(H,6,7). The van der Waals surface area contributed by atoms with Gasteiger partial charge in [0.05, 0.1) is 0 Å². The van der Waals surface area contributed by atoms with E-state index < -0.39 is 36.3 Å². The van der Waals surface area contributed by atoms with E-state index in [9.17, 15) is 27.6 Å². The van der Waals surface area contributed by atoms with E-state index in [1.807, 2.05) is 0 Å². The highest BCUT2D eigenvalue weighted by atomic mass is 19.4. The maximum atomic E-state index is 13.1. The van der Waals surface area contributed by atoms with E-state index in [0.717, 1.165) is 39.0 Å². The monoisotopic (exact) mass is 547 g/mol. The Morgan fingerprint density at radius 2 is 1.68 bits per heavy atom. The van der Waals surface area contributed by atoms with Crippen molar-refractivity contribution in [2.75, 3.05) is 45.9 Å². The number of fused-ring (bicyclic) bond motifs is 1. The van der Waals surface area contributed by atoms with Crippen LogP contribution in [0.2, 0.25) is 0 Å². The van der Waals surface area contributed by atoms with Gasteiger partial charge < -0.3 is 20.4 Å². The summed E-state index contributed by atoms with van der Waals surface area (Å²) in [4.78, 5) is 63.0. The molecule has 0 saturated carbocycles. The number of rotatable bonds is 8. The molecule has 12 nitrogen and oxygen atoms in total. The summed E-state index contributed by atoms with van der Waals surface area (Å²) in [7, 11) is 0. The molecule has 2 fully saturated rings. The molecular weight excluding hydrogens is 519 g/mol. The Labute approximate surface area is 215 Å². The van der Waals surface area contributed by atoms with Crippen LogP contribution in [-0.2, 0) is 34.6 Å². The second-order valence-electron chi connectivity index (χ2n) is 8.83. The molecule has 0 bridgehead atoms. The number of halogens is 3. The molecule has 0 radical (unpaired) electrons. The van der Waals surface area contributed by atoms with Gasteiger partial charge in [-0.3, -0.25) is 9.69 Å². The molecule has 1 aromatic carbocycles. The molecule has 1 aliphatic carbocycles. The average molecular weight is 547 g/mol. The van der Waals surface area contributed by atoms with Crippen molar-refractivity contribution in [3.63, 3.8) is 0 Å². The van der Waals surface area contributed by atoms with Gasteiger partial charge in [-0.25, -0.2) is 24.2 Å². The zero-order chi connectivity index (χ0) is 28.1. The van der Waals surface area contributed by atoms with Gasteiger partial charge in [-0.15, -0.1) is 5.06 Å². The van der Waals surface area contributed by atoms with Gasteiger partial charge in [0.15, 0.2) is 12.4 Å². The third-order valence-corrected chi connectivity index (χ3v) is 6.32. The van der Waals surface area contributed by atoms with Gasteiger partial charge in [-0.1, -0.05) is 18.2 Å². The number of aliphatic carboxylic acids is 2. The number of hydroxylamine groups is 2. The predicted octanol–water partition coefficient (Wildman–Crippen LogP) is 0.940. The second-order valence-corrected chi connectivity index (χ2v) is 8.83. The molecule has 15 heteroatoms. The number of benzene rings is 1. The quantitative estimate of drug-likeness (QED) is 0.241. The first-order valence-electron chi connectivity index (χ1n) is 11.8. The number of Topliss-reactive ketones (excluding diaryl/α,β-unsaturated/α-hetero) is 1. The van der Waals surface area contributed by atoms with Crippen molar-refractivity contribution in [1.29, 1.82) is 0 Å². The van der Waals surface area contributed by atoms with Crippen molar-refractivity contribution < 1.29 is 57.2 Å². The highest BCUT2D eigenvalue weighted by Gasteiger charge is 2.64. The van der Waals surface area contributed by atoms with Gasteiger partial charge in [0.2, 0.25) is 0 Å².